The first-order valence-corrected chi connectivity index (χ1v) is 20.6. The van der Waals surface area contributed by atoms with Crippen LogP contribution in [0.4, 0.5) is 0 Å². The highest BCUT2D eigenvalue weighted by Gasteiger charge is 2.22. The molecule has 0 bridgehead atoms. The molecule has 0 N–H and O–H groups in total. The van der Waals surface area contributed by atoms with Crippen molar-refractivity contribution in [3.8, 4) is 17.1 Å². The van der Waals surface area contributed by atoms with E-state index in [1.54, 1.807) is 0 Å². The van der Waals surface area contributed by atoms with Gasteiger partial charge in [0.1, 0.15) is 11.2 Å². The first-order chi connectivity index (χ1) is 29.8. The highest BCUT2D eigenvalue weighted by atomic mass is 15.1. The zero-order valence-corrected chi connectivity index (χ0v) is 32.3. The Labute approximate surface area is 342 Å². The standard InChI is InChI=1S/C55H33N5/c1-2-20-42-36(14-1)37-15-3-12-25-49(37)60-53-27-13-26-52(54(53)56-55(42)60)59-50-30-28-34(57-45-21-8-4-16-38(45)39-17-5-9-22-46(39)57)32-43(50)44-33-35(29-31-51(44)59)58-47-23-10-6-18-40(47)41-19-7-11-24-48(41)58/h1-33H. The fourth-order valence-corrected chi connectivity index (χ4v) is 10.4. The second kappa shape index (κ2) is 11.7. The largest absolute Gasteiger partial charge is 0.309 e. The van der Waals surface area contributed by atoms with E-state index in [4.69, 9.17) is 4.98 Å². The van der Waals surface area contributed by atoms with Gasteiger partial charge in [-0.1, -0.05) is 121 Å². The summed E-state index contributed by atoms with van der Waals surface area (Å²) in [5, 5.41) is 11.0. The van der Waals surface area contributed by atoms with E-state index in [9.17, 15) is 0 Å². The third kappa shape index (κ3) is 4.12. The number of fused-ring (bicyclic) bond motifs is 17. The normalized spacial score (nSPS) is 12.3. The van der Waals surface area contributed by atoms with Gasteiger partial charge in [-0.2, -0.15) is 0 Å². The second-order valence-electron chi connectivity index (χ2n) is 16.0. The van der Waals surface area contributed by atoms with Gasteiger partial charge < -0.3 is 13.7 Å². The van der Waals surface area contributed by atoms with Crippen LogP contribution in [-0.4, -0.2) is 23.1 Å². The number of benzene rings is 9. The van der Waals surface area contributed by atoms with Gasteiger partial charge in [0.2, 0.25) is 0 Å². The predicted octanol–water partition coefficient (Wildman–Crippen LogP) is 14.1. The van der Waals surface area contributed by atoms with Gasteiger partial charge in [0.25, 0.3) is 0 Å². The number of imidazole rings is 1. The summed E-state index contributed by atoms with van der Waals surface area (Å²) in [6.45, 7) is 0. The summed E-state index contributed by atoms with van der Waals surface area (Å²) < 4.78 is 9.63. The minimum absolute atomic E-state index is 0.967. The van der Waals surface area contributed by atoms with Crippen LogP contribution < -0.4 is 0 Å². The summed E-state index contributed by atoms with van der Waals surface area (Å²) >= 11 is 0. The molecule has 60 heavy (non-hydrogen) atoms. The van der Waals surface area contributed by atoms with Crippen LogP contribution in [-0.2, 0) is 0 Å². The number of nitrogens with zero attached hydrogens (tertiary/aromatic N) is 5. The molecule has 0 amide bonds. The van der Waals surface area contributed by atoms with Crippen molar-refractivity contribution >= 4 is 104 Å². The Morgan fingerprint density at radius 1 is 0.267 bits per heavy atom. The topological polar surface area (TPSA) is 32.1 Å². The van der Waals surface area contributed by atoms with Crippen LogP contribution in [0.5, 0.6) is 0 Å². The average Bonchev–Trinajstić information content (AvgIpc) is 4.06. The van der Waals surface area contributed by atoms with Crippen molar-refractivity contribution in [2.75, 3.05) is 0 Å². The van der Waals surface area contributed by atoms with Crippen molar-refractivity contribution in [3.63, 3.8) is 0 Å². The molecule has 5 nitrogen and oxygen atoms in total. The van der Waals surface area contributed by atoms with E-state index in [0.717, 1.165) is 55.7 Å². The monoisotopic (exact) mass is 763 g/mol. The van der Waals surface area contributed by atoms with Crippen molar-refractivity contribution in [1.82, 2.24) is 23.1 Å². The number of hydrogen-bond donors (Lipinski definition) is 0. The first kappa shape index (κ1) is 31.9. The van der Waals surface area contributed by atoms with Crippen molar-refractivity contribution in [3.05, 3.63) is 200 Å². The fraction of sp³-hybridized carbons (Fsp3) is 0. The van der Waals surface area contributed by atoms with Gasteiger partial charge in [-0.25, -0.2) is 4.98 Å². The number of hydrogen-bond acceptors (Lipinski definition) is 1. The molecule has 0 unspecified atom stereocenters. The molecule has 0 spiro atoms. The molecule has 0 saturated carbocycles. The number of aromatic nitrogens is 5. The van der Waals surface area contributed by atoms with E-state index in [0.29, 0.717) is 0 Å². The van der Waals surface area contributed by atoms with E-state index < -0.39 is 0 Å². The van der Waals surface area contributed by atoms with Gasteiger partial charge in [-0.15, -0.1) is 0 Å². The van der Waals surface area contributed by atoms with E-state index >= 15 is 0 Å². The molecule has 0 aliphatic carbocycles. The van der Waals surface area contributed by atoms with Crippen LogP contribution in [0.2, 0.25) is 0 Å². The summed E-state index contributed by atoms with van der Waals surface area (Å²) in [4.78, 5) is 5.55. The van der Waals surface area contributed by atoms with Crippen molar-refractivity contribution < 1.29 is 0 Å². The molecular weight excluding hydrogens is 731 g/mol. The van der Waals surface area contributed by atoms with Gasteiger partial charge in [0.15, 0.2) is 0 Å². The molecule has 9 aromatic carbocycles. The van der Waals surface area contributed by atoms with Gasteiger partial charge in [0.05, 0.1) is 49.8 Å². The molecule has 0 fully saturated rings. The van der Waals surface area contributed by atoms with Gasteiger partial charge in [-0.3, -0.25) is 4.40 Å². The summed E-state index contributed by atoms with van der Waals surface area (Å²) in [6.07, 6.45) is 0. The molecule has 5 heteroatoms. The lowest BCUT2D eigenvalue weighted by Crippen LogP contribution is -1.97. The third-order valence-corrected chi connectivity index (χ3v) is 12.9. The Morgan fingerprint density at radius 3 is 1.15 bits per heavy atom. The van der Waals surface area contributed by atoms with E-state index in [1.807, 2.05) is 0 Å². The van der Waals surface area contributed by atoms with Crippen LogP contribution in [0, 0.1) is 0 Å². The fourth-order valence-electron chi connectivity index (χ4n) is 10.4. The molecular formula is C55H33N5. The SMILES string of the molecule is c1ccc2c(c1)c1ccccc1n1c3cccc(-n4c5ccc(-n6c7ccccc7c7ccccc76)cc5c5cc(-n6c7ccccc7c7ccccc76)ccc54)c3nc21. The molecule has 0 aliphatic heterocycles. The summed E-state index contributed by atoms with van der Waals surface area (Å²) in [5.41, 5.74) is 14.5. The zero-order valence-electron chi connectivity index (χ0n) is 32.3. The van der Waals surface area contributed by atoms with Gasteiger partial charge >= 0.3 is 0 Å². The second-order valence-corrected chi connectivity index (χ2v) is 16.0. The summed E-state index contributed by atoms with van der Waals surface area (Å²) in [5.74, 6) is 0. The molecule has 14 rings (SSSR count). The Morgan fingerprint density at radius 2 is 0.650 bits per heavy atom. The molecule has 5 heterocycles. The third-order valence-electron chi connectivity index (χ3n) is 12.9. The highest BCUT2D eigenvalue weighted by molar-refractivity contribution is 6.17. The maximum Gasteiger partial charge on any atom is 0.146 e. The van der Waals surface area contributed by atoms with Crippen molar-refractivity contribution in [2.45, 2.75) is 0 Å². The molecule has 278 valence electrons. The van der Waals surface area contributed by atoms with Crippen molar-refractivity contribution in [2.24, 2.45) is 0 Å². The van der Waals surface area contributed by atoms with Crippen LogP contribution in [0.3, 0.4) is 0 Å². The zero-order chi connectivity index (χ0) is 39.1. The van der Waals surface area contributed by atoms with Crippen molar-refractivity contribution in [1.29, 1.82) is 0 Å². The Hall–Kier alpha value is -8.15. The minimum Gasteiger partial charge on any atom is -0.309 e. The lowest BCUT2D eigenvalue weighted by Gasteiger charge is -2.11. The van der Waals surface area contributed by atoms with E-state index in [1.165, 1.54) is 65.2 Å². The lowest BCUT2D eigenvalue weighted by atomic mass is 10.1. The molecule has 0 radical (unpaired) electrons. The molecule has 5 aromatic heterocycles. The Kier molecular flexibility index (Phi) is 6.23. The first-order valence-electron chi connectivity index (χ1n) is 20.6. The molecule has 14 aromatic rings. The van der Waals surface area contributed by atoms with Gasteiger partial charge in [0, 0.05) is 54.5 Å². The van der Waals surface area contributed by atoms with Crippen LogP contribution in [0.1, 0.15) is 0 Å². The van der Waals surface area contributed by atoms with E-state index in [2.05, 4.69) is 218 Å². The quantitative estimate of drug-likeness (QED) is 0.165. The molecule has 0 aliphatic rings. The number of para-hydroxylation sites is 6. The van der Waals surface area contributed by atoms with Crippen LogP contribution in [0.25, 0.3) is 121 Å². The lowest BCUT2D eigenvalue weighted by molar-refractivity contribution is 1.16. The Balaban J connectivity index is 1.11. The minimum atomic E-state index is 0.967. The maximum atomic E-state index is 5.55. The average molecular weight is 764 g/mol. The van der Waals surface area contributed by atoms with E-state index in [-0.39, 0.29) is 0 Å². The summed E-state index contributed by atoms with van der Waals surface area (Å²) in [7, 11) is 0. The van der Waals surface area contributed by atoms with Crippen LogP contribution >= 0.6 is 0 Å². The highest BCUT2D eigenvalue weighted by Crippen LogP contribution is 2.41. The van der Waals surface area contributed by atoms with Gasteiger partial charge in [-0.05, 0) is 84.2 Å². The maximum absolute atomic E-state index is 5.55. The molecule has 0 atom stereocenters. The number of rotatable bonds is 3. The Bertz CT molecular complexity index is 3860. The predicted molar refractivity (Wildman–Crippen MR) is 251 cm³/mol. The number of pyridine rings is 1. The van der Waals surface area contributed by atoms with Crippen LogP contribution in [0.15, 0.2) is 200 Å². The molecule has 0 saturated heterocycles. The smallest absolute Gasteiger partial charge is 0.146 e. The summed E-state index contributed by atoms with van der Waals surface area (Å²) in [6, 6.07) is 73.0.